The molecule has 8 nitrogen and oxygen atoms in total. The summed E-state index contributed by atoms with van der Waals surface area (Å²) in [5.41, 5.74) is 0. The molecule has 2 N–H and O–H groups in total. The van der Waals surface area contributed by atoms with Gasteiger partial charge in [-0.15, -0.1) is 5.10 Å². The summed E-state index contributed by atoms with van der Waals surface area (Å²) in [6.45, 7) is 1.57. The lowest BCUT2D eigenvalue weighted by molar-refractivity contribution is -0.0305. The first-order chi connectivity index (χ1) is 10.6. The van der Waals surface area contributed by atoms with Gasteiger partial charge in [0.05, 0.1) is 0 Å². The largest absolute Gasteiger partial charge is 0.370 e. The molecule has 0 saturated carbocycles. The van der Waals surface area contributed by atoms with Crippen LogP contribution >= 0.6 is 0 Å². The molecule has 22 heavy (non-hydrogen) atoms. The second-order valence-corrected chi connectivity index (χ2v) is 5.85. The Balaban J connectivity index is 1.65. The van der Waals surface area contributed by atoms with Crippen LogP contribution in [0.4, 0.5) is 11.9 Å². The first-order valence-electron chi connectivity index (χ1n) is 7.57. The zero-order valence-electron chi connectivity index (χ0n) is 13.3. The summed E-state index contributed by atoms with van der Waals surface area (Å²) in [4.78, 5) is 10.7. The van der Waals surface area contributed by atoms with Crippen molar-refractivity contribution in [3.63, 3.8) is 0 Å². The van der Waals surface area contributed by atoms with E-state index >= 15 is 0 Å². The maximum Gasteiger partial charge on any atom is 0.245 e. The van der Waals surface area contributed by atoms with Crippen molar-refractivity contribution in [3.8, 4) is 0 Å². The Kier molecular flexibility index (Phi) is 4.28. The Hall–Kier alpha value is -2.09. The Morgan fingerprint density at radius 1 is 1.50 bits per heavy atom. The molecule has 2 aromatic heterocycles. The summed E-state index contributed by atoms with van der Waals surface area (Å²) in [5, 5.41) is 10.4. The molecule has 120 valence electrons. The van der Waals surface area contributed by atoms with E-state index in [2.05, 4.69) is 25.5 Å². The molecule has 8 heteroatoms. The Morgan fingerprint density at radius 2 is 2.36 bits per heavy atom. The third-order valence-corrected chi connectivity index (χ3v) is 3.96. The summed E-state index contributed by atoms with van der Waals surface area (Å²) >= 11 is 0. The van der Waals surface area contributed by atoms with Crippen LogP contribution in [0.5, 0.6) is 0 Å². The number of hydrogen-bond acceptors (Lipinski definition) is 6. The first-order valence-corrected chi connectivity index (χ1v) is 7.57. The van der Waals surface area contributed by atoms with Gasteiger partial charge < -0.3 is 19.5 Å². The summed E-state index contributed by atoms with van der Waals surface area (Å²) in [6.07, 6.45) is 5.98. The number of nitrogens with zero attached hydrogens (tertiary/aromatic N) is 5. The molecule has 1 aliphatic rings. The van der Waals surface area contributed by atoms with Gasteiger partial charge in [0.15, 0.2) is 0 Å². The summed E-state index contributed by atoms with van der Waals surface area (Å²) in [5.74, 6) is 2.71. The van der Waals surface area contributed by atoms with Crippen LogP contribution in [-0.2, 0) is 11.8 Å². The molecule has 3 heterocycles. The zero-order chi connectivity index (χ0) is 15.5. The zero-order valence-corrected chi connectivity index (χ0v) is 13.3. The van der Waals surface area contributed by atoms with Gasteiger partial charge in [-0.05, 0) is 12.8 Å². The molecular weight excluding hydrogens is 282 g/mol. The number of aromatic nitrogens is 5. The lowest BCUT2D eigenvalue weighted by Crippen LogP contribution is -2.30. The molecule has 2 aromatic rings. The molecule has 0 aliphatic carbocycles. The van der Waals surface area contributed by atoms with Gasteiger partial charge in [-0.25, -0.2) is 10.1 Å². The van der Waals surface area contributed by atoms with E-state index in [0.29, 0.717) is 17.8 Å². The highest BCUT2D eigenvalue weighted by molar-refractivity contribution is 5.34. The van der Waals surface area contributed by atoms with Crippen molar-refractivity contribution < 1.29 is 4.74 Å². The van der Waals surface area contributed by atoms with Gasteiger partial charge in [0.2, 0.25) is 11.9 Å². The lowest BCUT2D eigenvalue weighted by Gasteiger charge is -2.31. The van der Waals surface area contributed by atoms with E-state index in [-0.39, 0.29) is 6.10 Å². The molecule has 0 spiro atoms. The topological polar surface area (TPSA) is 83.9 Å². The molecular formula is C14H23N7O. The van der Waals surface area contributed by atoms with Crippen LogP contribution in [-0.4, -0.2) is 52.0 Å². The predicted molar refractivity (Wildman–Crippen MR) is 83.8 cm³/mol. The maximum atomic E-state index is 5.97. The molecule has 1 aliphatic heterocycles. The first kappa shape index (κ1) is 14.8. The normalized spacial score (nSPS) is 21.8. The number of nitrogens with one attached hydrogen (secondary N) is 2. The number of hydrogen-bond donors (Lipinski definition) is 2. The molecule has 1 saturated heterocycles. The van der Waals surface area contributed by atoms with Crippen molar-refractivity contribution in [2.45, 2.75) is 18.9 Å². The highest BCUT2D eigenvalue weighted by Crippen LogP contribution is 2.32. The van der Waals surface area contributed by atoms with E-state index in [0.717, 1.165) is 31.8 Å². The number of aromatic amines is 1. The van der Waals surface area contributed by atoms with Crippen molar-refractivity contribution in [1.82, 2.24) is 24.7 Å². The molecule has 1 fully saturated rings. The minimum atomic E-state index is 0.0255. The number of imidazole rings is 1. The average molecular weight is 305 g/mol. The maximum absolute atomic E-state index is 5.97. The van der Waals surface area contributed by atoms with Crippen molar-refractivity contribution >= 4 is 11.9 Å². The van der Waals surface area contributed by atoms with Crippen LogP contribution in [0.2, 0.25) is 0 Å². The minimum Gasteiger partial charge on any atom is -0.370 e. The molecule has 0 amide bonds. The smallest absolute Gasteiger partial charge is 0.245 e. The lowest BCUT2D eigenvalue weighted by atomic mass is 9.93. The van der Waals surface area contributed by atoms with Crippen LogP contribution in [0.3, 0.4) is 0 Å². The number of anilines is 2. The molecule has 0 aromatic carbocycles. The van der Waals surface area contributed by atoms with E-state index in [9.17, 15) is 0 Å². The fourth-order valence-electron chi connectivity index (χ4n) is 2.75. The van der Waals surface area contributed by atoms with Gasteiger partial charge in [-0.3, -0.25) is 0 Å². The van der Waals surface area contributed by atoms with Gasteiger partial charge in [0.25, 0.3) is 0 Å². The summed E-state index contributed by atoms with van der Waals surface area (Å²) in [7, 11) is 5.84. The van der Waals surface area contributed by atoms with Crippen molar-refractivity contribution in [2.75, 3.05) is 37.5 Å². The van der Waals surface area contributed by atoms with Crippen LogP contribution in [0.1, 0.15) is 24.8 Å². The van der Waals surface area contributed by atoms with Gasteiger partial charge >= 0.3 is 0 Å². The summed E-state index contributed by atoms with van der Waals surface area (Å²) in [6, 6.07) is 0. The molecule has 0 radical (unpaired) electrons. The van der Waals surface area contributed by atoms with E-state index in [4.69, 9.17) is 4.74 Å². The standard InChI is InChI=1S/C14H23N7O/c1-20(2)14-17-13(18-19-14)16-9-10-5-4-8-22-11(10)12-15-6-7-21(12)3/h6-7,10-11H,4-5,8-9H2,1-3H3,(H2,16,17,18,19)/t10-,11+/m0/s1. The summed E-state index contributed by atoms with van der Waals surface area (Å²) < 4.78 is 8.00. The quantitative estimate of drug-likeness (QED) is 0.863. The third kappa shape index (κ3) is 3.06. The number of ether oxygens (including phenoxy) is 1. The highest BCUT2D eigenvalue weighted by atomic mass is 16.5. The second kappa shape index (κ2) is 6.35. The molecule has 0 unspecified atom stereocenters. The molecule has 3 rings (SSSR count). The minimum absolute atomic E-state index is 0.0255. The fourth-order valence-corrected chi connectivity index (χ4v) is 2.75. The Labute approximate surface area is 129 Å². The monoisotopic (exact) mass is 305 g/mol. The van der Waals surface area contributed by atoms with Crippen molar-refractivity contribution in [1.29, 1.82) is 0 Å². The number of rotatable bonds is 5. The van der Waals surface area contributed by atoms with E-state index in [1.807, 2.05) is 43.0 Å². The van der Waals surface area contributed by atoms with Gasteiger partial charge in [-0.1, -0.05) is 0 Å². The highest BCUT2D eigenvalue weighted by Gasteiger charge is 2.30. The van der Waals surface area contributed by atoms with Crippen LogP contribution < -0.4 is 10.2 Å². The van der Waals surface area contributed by atoms with Crippen LogP contribution in [0.15, 0.2) is 12.4 Å². The van der Waals surface area contributed by atoms with E-state index in [1.54, 1.807) is 0 Å². The molecule has 0 bridgehead atoms. The van der Waals surface area contributed by atoms with Crippen LogP contribution in [0, 0.1) is 5.92 Å². The Morgan fingerprint density at radius 3 is 3.05 bits per heavy atom. The fraction of sp³-hybridized carbons (Fsp3) is 0.643. The Bertz CT molecular complexity index is 606. The van der Waals surface area contributed by atoms with E-state index < -0.39 is 0 Å². The van der Waals surface area contributed by atoms with E-state index in [1.165, 1.54) is 0 Å². The third-order valence-electron chi connectivity index (χ3n) is 3.96. The van der Waals surface area contributed by atoms with Crippen molar-refractivity contribution in [3.05, 3.63) is 18.2 Å². The number of aryl methyl sites for hydroxylation is 1. The molecule has 2 atom stereocenters. The predicted octanol–water partition coefficient (Wildman–Crippen LogP) is 1.18. The van der Waals surface area contributed by atoms with Crippen LogP contribution in [0.25, 0.3) is 0 Å². The van der Waals surface area contributed by atoms with Gasteiger partial charge in [0.1, 0.15) is 11.9 Å². The average Bonchev–Trinajstić information content (AvgIpc) is 3.14. The number of H-pyrrole nitrogens is 1. The SMILES string of the molecule is CN(C)c1n[nH]c(NC[C@@H]2CCCO[C@H]2c2nccn2C)n1. The van der Waals surface area contributed by atoms with Crippen molar-refractivity contribution in [2.24, 2.45) is 13.0 Å². The van der Waals surface area contributed by atoms with Gasteiger partial charge in [0, 0.05) is 52.6 Å². The van der Waals surface area contributed by atoms with Gasteiger partial charge in [-0.2, -0.15) is 4.98 Å². The second-order valence-electron chi connectivity index (χ2n) is 5.85.